The second kappa shape index (κ2) is 9.66. The van der Waals surface area contributed by atoms with E-state index in [9.17, 15) is 35.9 Å². The molecular formula is C24H26F6N4O3. The van der Waals surface area contributed by atoms with Crippen molar-refractivity contribution in [1.82, 2.24) is 20.0 Å². The van der Waals surface area contributed by atoms with E-state index in [1.807, 2.05) is 0 Å². The molecule has 13 heteroatoms. The zero-order valence-corrected chi connectivity index (χ0v) is 19.9. The number of piperidine rings is 2. The van der Waals surface area contributed by atoms with Crippen LogP contribution in [0.1, 0.15) is 36.4 Å². The largest absolute Gasteiger partial charge is 0.430 e. The van der Waals surface area contributed by atoms with E-state index in [-0.39, 0.29) is 56.1 Å². The Kier molecular flexibility index (Phi) is 7.04. The van der Waals surface area contributed by atoms with Crippen LogP contribution in [0.25, 0.3) is 0 Å². The number of aromatic nitrogens is 2. The highest BCUT2D eigenvalue weighted by atomic mass is 19.4. The first kappa shape index (κ1) is 27.0. The van der Waals surface area contributed by atoms with Crippen molar-refractivity contribution in [3.05, 3.63) is 53.9 Å². The summed E-state index contributed by atoms with van der Waals surface area (Å²) in [6.07, 6.45) is -8.10. The van der Waals surface area contributed by atoms with E-state index in [4.69, 9.17) is 4.74 Å². The molecule has 2 aromatic rings. The fraction of sp³-hybridized carbons (Fsp3) is 0.542. The SMILES string of the molecule is CO[C@@](C(=O)N1CCC2(CC1)CC(=O)NCC2c1ccnn1CC(F)(F)F)(c1ccccc1)C(F)(F)F. The number of nitrogens with zero attached hydrogens (tertiary/aromatic N) is 3. The van der Waals surface area contributed by atoms with Crippen molar-refractivity contribution in [2.75, 3.05) is 26.7 Å². The van der Waals surface area contributed by atoms with Gasteiger partial charge in [-0.25, -0.2) is 0 Å². The van der Waals surface area contributed by atoms with Gasteiger partial charge in [-0.15, -0.1) is 0 Å². The second-order valence-corrected chi connectivity index (χ2v) is 9.47. The van der Waals surface area contributed by atoms with Gasteiger partial charge in [0.05, 0.1) is 0 Å². The van der Waals surface area contributed by atoms with E-state index >= 15 is 0 Å². The number of amides is 2. The Morgan fingerprint density at radius 1 is 1.11 bits per heavy atom. The Balaban J connectivity index is 1.62. The predicted octanol–water partition coefficient (Wildman–Crippen LogP) is 3.76. The summed E-state index contributed by atoms with van der Waals surface area (Å²) in [4.78, 5) is 26.8. The summed E-state index contributed by atoms with van der Waals surface area (Å²) in [5.74, 6) is -2.14. The number of carbonyl (C=O) groups excluding carboxylic acids is 2. The minimum Gasteiger partial charge on any atom is -0.356 e. The highest BCUT2D eigenvalue weighted by molar-refractivity contribution is 5.88. The summed E-state index contributed by atoms with van der Waals surface area (Å²) in [5, 5.41) is 6.48. The third kappa shape index (κ3) is 4.92. The first-order valence-corrected chi connectivity index (χ1v) is 11.6. The van der Waals surface area contributed by atoms with Crippen LogP contribution in [0.2, 0.25) is 0 Å². The van der Waals surface area contributed by atoms with Crippen molar-refractivity contribution in [1.29, 1.82) is 0 Å². The predicted molar refractivity (Wildman–Crippen MR) is 118 cm³/mol. The summed E-state index contributed by atoms with van der Waals surface area (Å²) in [7, 11) is 0.827. The van der Waals surface area contributed by atoms with Gasteiger partial charge in [-0.1, -0.05) is 30.3 Å². The Hall–Kier alpha value is -3.09. The molecule has 1 spiro atoms. The Bertz CT molecular complexity index is 1130. The smallest absolute Gasteiger partial charge is 0.356 e. The summed E-state index contributed by atoms with van der Waals surface area (Å²) >= 11 is 0. The maximum absolute atomic E-state index is 14.4. The van der Waals surface area contributed by atoms with Crippen LogP contribution < -0.4 is 5.32 Å². The normalized spacial score (nSPS) is 22.0. The fourth-order valence-corrected chi connectivity index (χ4v) is 5.60. The molecule has 2 atom stereocenters. The summed E-state index contributed by atoms with van der Waals surface area (Å²) in [6, 6.07) is 8.08. The van der Waals surface area contributed by atoms with Crippen molar-refractivity contribution in [3.63, 3.8) is 0 Å². The van der Waals surface area contributed by atoms with Gasteiger partial charge in [-0.3, -0.25) is 14.3 Å². The van der Waals surface area contributed by atoms with E-state index in [1.54, 1.807) is 0 Å². The van der Waals surface area contributed by atoms with E-state index in [2.05, 4.69) is 10.4 Å². The first-order valence-electron chi connectivity index (χ1n) is 11.6. The minimum absolute atomic E-state index is 0.0235. The molecule has 0 radical (unpaired) electrons. The molecule has 3 heterocycles. The van der Waals surface area contributed by atoms with E-state index in [0.717, 1.165) is 16.7 Å². The van der Waals surface area contributed by atoms with Gasteiger partial charge in [-0.2, -0.15) is 31.4 Å². The quantitative estimate of drug-likeness (QED) is 0.596. The molecule has 1 aromatic heterocycles. The lowest BCUT2D eigenvalue weighted by atomic mass is 9.63. The number of halogens is 6. The molecule has 37 heavy (non-hydrogen) atoms. The Morgan fingerprint density at radius 2 is 1.76 bits per heavy atom. The van der Waals surface area contributed by atoms with Crippen LogP contribution >= 0.6 is 0 Å². The zero-order chi connectivity index (χ0) is 27.1. The van der Waals surface area contributed by atoms with Crippen LogP contribution in [-0.4, -0.2) is 65.6 Å². The van der Waals surface area contributed by atoms with Gasteiger partial charge in [0.25, 0.3) is 11.5 Å². The molecule has 2 amide bonds. The third-order valence-corrected chi connectivity index (χ3v) is 7.42. The van der Waals surface area contributed by atoms with Gasteiger partial charge in [0, 0.05) is 56.5 Å². The monoisotopic (exact) mass is 532 g/mol. The number of carbonyl (C=O) groups is 2. The molecular weight excluding hydrogens is 506 g/mol. The average molecular weight is 532 g/mol. The lowest BCUT2D eigenvalue weighted by molar-refractivity contribution is -0.271. The van der Waals surface area contributed by atoms with Crippen molar-refractivity contribution in [2.45, 2.75) is 49.7 Å². The number of methoxy groups -OCH3 is 1. The van der Waals surface area contributed by atoms with Crippen LogP contribution in [-0.2, 0) is 26.5 Å². The summed E-state index contributed by atoms with van der Waals surface area (Å²) in [5.41, 5.74) is -4.14. The van der Waals surface area contributed by atoms with Crippen molar-refractivity contribution in [3.8, 4) is 0 Å². The van der Waals surface area contributed by atoms with Gasteiger partial charge in [0.1, 0.15) is 6.54 Å². The van der Waals surface area contributed by atoms with Crippen molar-refractivity contribution < 1.29 is 40.7 Å². The van der Waals surface area contributed by atoms with Crippen LogP contribution in [0.4, 0.5) is 26.3 Å². The molecule has 1 aromatic carbocycles. The maximum Gasteiger partial charge on any atom is 0.430 e. The van der Waals surface area contributed by atoms with Gasteiger partial charge >= 0.3 is 12.4 Å². The fourth-order valence-electron chi connectivity index (χ4n) is 5.60. The average Bonchev–Trinajstić information content (AvgIpc) is 3.26. The molecule has 4 rings (SSSR count). The number of benzene rings is 1. The van der Waals surface area contributed by atoms with Gasteiger partial charge in [0.2, 0.25) is 5.91 Å². The molecule has 2 fully saturated rings. The molecule has 2 aliphatic heterocycles. The van der Waals surface area contributed by atoms with E-state index in [0.29, 0.717) is 0 Å². The lowest BCUT2D eigenvalue weighted by Crippen LogP contribution is -2.60. The van der Waals surface area contributed by atoms with Crippen LogP contribution in [0, 0.1) is 5.41 Å². The number of nitrogens with one attached hydrogen (secondary N) is 1. The van der Waals surface area contributed by atoms with Gasteiger partial charge in [-0.05, 0) is 24.3 Å². The third-order valence-electron chi connectivity index (χ3n) is 7.42. The summed E-state index contributed by atoms with van der Waals surface area (Å²) < 4.78 is 88.2. The Morgan fingerprint density at radius 3 is 2.32 bits per heavy atom. The van der Waals surface area contributed by atoms with Crippen LogP contribution in [0.3, 0.4) is 0 Å². The number of ether oxygens (including phenoxy) is 1. The highest BCUT2D eigenvalue weighted by Gasteiger charge is 2.64. The highest BCUT2D eigenvalue weighted by Crippen LogP contribution is 2.50. The van der Waals surface area contributed by atoms with Crippen LogP contribution in [0.15, 0.2) is 42.6 Å². The number of hydrogen-bond donors (Lipinski definition) is 1. The van der Waals surface area contributed by atoms with Crippen molar-refractivity contribution >= 4 is 11.8 Å². The molecule has 1 unspecified atom stereocenters. The molecule has 1 N–H and O–H groups in total. The Labute approximate surface area is 208 Å². The zero-order valence-electron chi connectivity index (χ0n) is 19.9. The molecule has 0 saturated carbocycles. The molecule has 7 nitrogen and oxygen atoms in total. The number of likely N-dealkylation sites (tertiary alicyclic amines) is 1. The topological polar surface area (TPSA) is 76.5 Å². The molecule has 202 valence electrons. The maximum atomic E-state index is 14.4. The van der Waals surface area contributed by atoms with E-state index < -0.39 is 41.7 Å². The van der Waals surface area contributed by atoms with E-state index in [1.165, 1.54) is 42.6 Å². The lowest BCUT2D eigenvalue weighted by Gasteiger charge is -2.50. The summed E-state index contributed by atoms with van der Waals surface area (Å²) in [6.45, 7) is -1.49. The van der Waals surface area contributed by atoms with Gasteiger partial charge < -0.3 is 15.0 Å². The van der Waals surface area contributed by atoms with Crippen molar-refractivity contribution in [2.24, 2.45) is 5.41 Å². The molecule has 0 bridgehead atoms. The number of alkyl halides is 6. The number of rotatable bonds is 5. The molecule has 2 aliphatic rings. The van der Waals surface area contributed by atoms with Gasteiger partial charge in [0.15, 0.2) is 0 Å². The van der Waals surface area contributed by atoms with Crippen LogP contribution in [0.5, 0.6) is 0 Å². The standard InChI is InChI=1S/C24H26F6N4O3/c1-37-23(24(28,29)30,16-5-3-2-4-6-16)20(36)33-11-8-21(9-12-33)13-19(35)31-14-17(21)18-7-10-32-34(18)15-22(25,26)27/h2-7,10,17H,8-9,11-15H2,1H3,(H,31,35)/t17?,23-/m1/s1. The number of hydrogen-bond acceptors (Lipinski definition) is 4. The molecule has 2 saturated heterocycles. The molecule has 0 aliphatic carbocycles. The minimum atomic E-state index is -5.06. The first-order chi connectivity index (χ1) is 17.3. The second-order valence-electron chi connectivity index (χ2n) is 9.47.